The standard InChI is InChI=1S/C18H26N4O2/c1-13(2)15-10-22(14-5-7-19-8-6-14)11-16(15)20-17(23)12-21-9-3-4-18(21)24/h5-8,13,15-16H,3-4,9-12H2,1-2H3,(H,20,23)/t15-,16+/m0/s1. The molecule has 0 aromatic carbocycles. The van der Waals surface area contributed by atoms with Crippen molar-refractivity contribution in [3.05, 3.63) is 24.5 Å². The van der Waals surface area contributed by atoms with Gasteiger partial charge in [-0.2, -0.15) is 0 Å². The molecule has 3 rings (SSSR count). The fourth-order valence-corrected chi connectivity index (χ4v) is 3.72. The lowest BCUT2D eigenvalue weighted by Gasteiger charge is -2.24. The molecule has 24 heavy (non-hydrogen) atoms. The Morgan fingerprint density at radius 3 is 2.71 bits per heavy atom. The maximum atomic E-state index is 12.4. The maximum absolute atomic E-state index is 12.4. The Kier molecular flexibility index (Phi) is 5.02. The second-order valence-corrected chi connectivity index (χ2v) is 7.11. The van der Waals surface area contributed by atoms with Gasteiger partial charge >= 0.3 is 0 Å². The third-order valence-electron chi connectivity index (χ3n) is 5.10. The molecule has 0 spiro atoms. The van der Waals surface area contributed by atoms with Crippen LogP contribution in [0.15, 0.2) is 24.5 Å². The molecule has 2 aliphatic heterocycles. The Bertz CT molecular complexity index is 590. The number of anilines is 1. The molecule has 0 unspecified atom stereocenters. The average Bonchev–Trinajstić information content (AvgIpc) is 3.15. The fraction of sp³-hybridized carbons (Fsp3) is 0.611. The van der Waals surface area contributed by atoms with Crippen molar-refractivity contribution in [2.24, 2.45) is 11.8 Å². The minimum Gasteiger partial charge on any atom is -0.369 e. The zero-order valence-corrected chi connectivity index (χ0v) is 14.4. The molecule has 0 aliphatic carbocycles. The van der Waals surface area contributed by atoms with Gasteiger partial charge < -0.3 is 15.1 Å². The molecule has 6 heteroatoms. The summed E-state index contributed by atoms with van der Waals surface area (Å²) in [7, 11) is 0. The highest BCUT2D eigenvalue weighted by molar-refractivity contribution is 5.86. The van der Waals surface area contributed by atoms with E-state index in [1.807, 2.05) is 12.1 Å². The van der Waals surface area contributed by atoms with E-state index in [9.17, 15) is 9.59 Å². The molecule has 6 nitrogen and oxygen atoms in total. The number of hydrogen-bond donors (Lipinski definition) is 1. The van der Waals surface area contributed by atoms with E-state index in [0.29, 0.717) is 24.8 Å². The Morgan fingerprint density at radius 2 is 2.08 bits per heavy atom. The first kappa shape index (κ1) is 16.7. The van der Waals surface area contributed by atoms with E-state index in [1.165, 1.54) is 0 Å². The number of aromatic nitrogens is 1. The molecule has 0 saturated carbocycles. The van der Waals surface area contributed by atoms with Crippen molar-refractivity contribution in [3.63, 3.8) is 0 Å². The van der Waals surface area contributed by atoms with E-state index in [0.717, 1.165) is 25.2 Å². The van der Waals surface area contributed by atoms with Crippen LogP contribution in [-0.2, 0) is 9.59 Å². The summed E-state index contributed by atoms with van der Waals surface area (Å²) in [6.07, 6.45) is 5.02. The average molecular weight is 330 g/mol. The van der Waals surface area contributed by atoms with Crippen molar-refractivity contribution in [1.82, 2.24) is 15.2 Å². The first-order valence-electron chi connectivity index (χ1n) is 8.76. The van der Waals surface area contributed by atoms with Gasteiger partial charge in [0.1, 0.15) is 0 Å². The number of amides is 2. The summed E-state index contributed by atoms with van der Waals surface area (Å²) in [5.74, 6) is 0.930. The third-order valence-corrected chi connectivity index (χ3v) is 5.10. The van der Waals surface area contributed by atoms with Gasteiger partial charge in [-0.25, -0.2) is 0 Å². The van der Waals surface area contributed by atoms with Crippen molar-refractivity contribution < 1.29 is 9.59 Å². The summed E-state index contributed by atoms with van der Waals surface area (Å²) in [6, 6.07) is 4.12. The van der Waals surface area contributed by atoms with Gasteiger partial charge in [0, 0.05) is 50.1 Å². The van der Waals surface area contributed by atoms with Crippen molar-refractivity contribution >= 4 is 17.5 Å². The molecule has 1 aromatic heterocycles. The first-order chi connectivity index (χ1) is 11.5. The first-order valence-corrected chi connectivity index (χ1v) is 8.76. The predicted octanol–water partition coefficient (Wildman–Crippen LogP) is 1.28. The Balaban J connectivity index is 1.62. The molecule has 0 bridgehead atoms. The molecule has 1 N–H and O–H groups in total. The monoisotopic (exact) mass is 330 g/mol. The van der Waals surface area contributed by atoms with Crippen molar-refractivity contribution in [1.29, 1.82) is 0 Å². The summed E-state index contributed by atoms with van der Waals surface area (Å²) in [5, 5.41) is 3.17. The molecule has 2 saturated heterocycles. The van der Waals surface area contributed by atoms with Crippen molar-refractivity contribution in [2.75, 3.05) is 31.1 Å². The highest BCUT2D eigenvalue weighted by atomic mass is 16.2. The van der Waals surface area contributed by atoms with E-state index in [2.05, 4.69) is 29.0 Å². The lowest BCUT2D eigenvalue weighted by atomic mass is 9.91. The number of nitrogens with one attached hydrogen (secondary N) is 1. The van der Waals surface area contributed by atoms with Gasteiger partial charge in [-0.3, -0.25) is 14.6 Å². The molecular formula is C18H26N4O2. The summed E-state index contributed by atoms with van der Waals surface area (Å²) >= 11 is 0. The van der Waals surface area contributed by atoms with Gasteiger partial charge in [-0.05, 0) is 24.5 Å². The molecule has 3 heterocycles. The normalized spacial score (nSPS) is 24.0. The summed E-state index contributed by atoms with van der Waals surface area (Å²) in [5.41, 5.74) is 1.14. The number of nitrogens with zero attached hydrogens (tertiary/aromatic N) is 3. The molecule has 2 amide bonds. The lowest BCUT2D eigenvalue weighted by molar-refractivity contribution is -0.133. The zero-order valence-electron chi connectivity index (χ0n) is 14.4. The van der Waals surface area contributed by atoms with Crippen molar-refractivity contribution in [2.45, 2.75) is 32.7 Å². The van der Waals surface area contributed by atoms with Gasteiger partial charge in [0.15, 0.2) is 0 Å². The van der Waals surface area contributed by atoms with Gasteiger partial charge in [0.2, 0.25) is 11.8 Å². The van der Waals surface area contributed by atoms with Crippen LogP contribution < -0.4 is 10.2 Å². The summed E-state index contributed by atoms with van der Waals surface area (Å²) < 4.78 is 0. The second-order valence-electron chi connectivity index (χ2n) is 7.11. The molecule has 1 aromatic rings. The molecule has 2 atom stereocenters. The smallest absolute Gasteiger partial charge is 0.239 e. The van der Waals surface area contributed by atoms with Gasteiger partial charge in [-0.1, -0.05) is 13.8 Å². The number of hydrogen-bond acceptors (Lipinski definition) is 4. The summed E-state index contributed by atoms with van der Waals surface area (Å²) in [4.78, 5) is 32.1. The van der Waals surface area contributed by atoms with Crippen LogP contribution in [-0.4, -0.2) is 53.9 Å². The Labute approximate surface area is 143 Å². The van der Waals surface area contributed by atoms with Gasteiger partial charge in [0.05, 0.1) is 12.6 Å². The summed E-state index contributed by atoms with van der Waals surface area (Å²) in [6.45, 7) is 7.01. The minimum atomic E-state index is -0.0440. The van der Waals surface area contributed by atoms with E-state index in [1.54, 1.807) is 17.3 Å². The van der Waals surface area contributed by atoms with Crippen LogP contribution in [0.4, 0.5) is 5.69 Å². The van der Waals surface area contributed by atoms with Crippen LogP contribution in [0.3, 0.4) is 0 Å². The van der Waals surface area contributed by atoms with Crippen LogP contribution >= 0.6 is 0 Å². The van der Waals surface area contributed by atoms with E-state index in [4.69, 9.17) is 0 Å². The Morgan fingerprint density at radius 1 is 1.33 bits per heavy atom. The molecule has 2 fully saturated rings. The highest BCUT2D eigenvalue weighted by Crippen LogP contribution is 2.28. The number of rotatable bonds is 5. The van der Waals surface area contributed by atoms with E-state index in [-0.39, 0.29) is 24.4 Å². The largest absolute Gasteiger partial charge is 0.369 e. The fourth-order valence-electron chi connectivity index (χ4n) is 3.72. The van der Waals surface area contributed by atoms with Gasteiger partial charge in [0.25, 0.3) is 0 Å². The Hall–Kier alpha value is -2.11. The maximum Gasteiger partial charge on any atom is 0.239 e. The zero-order chi connectivity index (χ0) is 17.1. The molecule has 2 aliphatic rings. The third kappa shape index (κ3) is 3.68. The van der Waals surface area contributed by atoms with E-state index >= 15 is 0 Å². The van der Waals surface area contributed by atoms with Crippen LogP contribution in [0.5, 0.6) is 0 Å². The molecular weight excluding hydrogens is 304 g/mol. The number of likely N-dealkylation sites (tertiary alicyclic amines) is 1. The number of carbonyl (C=O) groups excluding carboxylic acids is 2. The van der Waals surface area contributed by atoms with E-state index < -0.39 is 0 Å². The second kappa shape index (κ2) is 7.20. The van der Waals surface area contributed by atoms with Crippen molar-refractivity contribution in [3.8, 4) is 0 Å². The van der Waals surface area contributed by atoms with Gasteiger partial charge in [-0.15, -0.1) is 0 Å². The van der Waals surface area contributed by atoms with Crippen LogP contribution in [0, 0.1) is 11.8 Å². The molecule has 0 radical (unpaired) electrons. The predicted molar refractivity (Wildman–Crippen MR) is 92.5 cm³/mol. The van der Waals surface area contributed by atoms with Crippen LogP contribution in [0.2, 0.25) is 0 Å². The quantitative estimate of drug-likeness (QED) is 0.883. The SMILES string of the molecule is CC(C)[C@@H]1CN(c2ccncc2)C[C@H]1NC(=O)CN1CCCC1=O. The molecule has 130 valence electrons. The minimum absolute atomic E-state index is 0.0440. The lowest BCUT2D eigenvalue weighted by Crippen LogP contribution is -2.46. The van der Waals surface area contributed by atoms with Crippen LogP contribution in [0.1, 0.15) is 26.7 Å². The number of carbonyl (C=O) groups is 2. The van der Waals surface area contributed by atoms with Crippen LogP contribution in [0.25, 0.3) is 0 Å². The topological polar surface area (TPSA) is 65.5 Å². The highest BCUT2D eigenvalue weighted by Gasteiger charge is 2.36. The number of pyridine rings is 1.